The van der Waals surface area contributed by atoms with Gasteiger partial charge in [-0.1, -0.05) is 38.1 Å². The van der Waals surface area contributed by atoms with Crippen molar-refractivity contribution >= 4 is 17.7 Å². The van der Waals surface area contributed by atoms with Gasteiger partial charge in [-0.3, -0.25) is 10.1 Å². The number of nitrogens with one attached hydrogen (secondary N) is 2. The van der Waals surface area contributed by atoms with Crippen LogP contribution in [0, 0.1) is 0 Å². The Balaban J connectivity index is 1.79. The van der Waals surface area contributed by atoms with Crippen molar-refractivity contribution in [2.24, 2.45) is 0 Å². The summed E-state index contributed by atoms with van der Waals surface area (Å²) in [6.45, 7) is 4.58. The highest BCUT2D eigenvalue weighted by atomic mass is 32.2. The van der Waals surface area contributed by atoms with Gasteiger partial charge in [0.05, 0.1) is 12.1 Å². The third kappa shape index (κ3) is 2.59. The molecule has 1 aliphatic carbocycles. The molecule has 108 valence electrons. The molecule has 2 N–H and O–H groups in total. The van der Waals surface area contributed by atoms with E-state index in [1.165, 1.54) is 11.1 Å². The lowest BCUT2D eigenvalue weighted by molar-refractivity contribution is -0.123. The van der Waals surface area contributed by atoms with E-state index in [0.717, 1.165) is 24.5 Å². The monoisotopic (exact) mass is 290 g/mol. The zero-order chi connectivity index (χ0) is 14.2. The molecule has 0 saturated carbocycles. The molecule has 1 saturated heterocycles. The largest absolute Gasteiger partial charge is 0.348 e. The zero-order valence-corrected chi connectivity index (χ0v) is 12.9. The molecule has 0 spiro atoms. The third-order valence-corrected chi connectivity index (χ3v) is 5.41. The number of rotatable bonds is 2. The third-order valence-electron chi connectivity index (χ3n) is 4.47. The molecule has 0 radical (unpaired) electrons. The molecule has 1 aromatic carbocycles. The first kappa shape index (κ1) is 14.0. The van der Waals surface area contributed by atoms with Crippen LogP contribution in [0.2, 0.25) is 0 Å². The summed E-state index contributed by atoms with van der Waals surface area (Å²) in [5.41, 5.74) is 2.88. The van der Waals surface area contributed by atoms with Gasteiger partial charge < -0.3 is 5.32 Å². The second-order valence-corrected chi connectivity index (χ2v) is 7.37. The molecule has 1 amide bonds. The van der Waals surface area contributed by atoms with Crippen molar-refractivity contribution in [1.29, 1.82) is 0 Å². The first-order valence-electron chi connectivity index (χ1n) is 7.29. The predicted molar refractivity (Wildman–Crippen MR) is 83.8 cm³/mol. The molecular weight excluding hydrogens is 268 g/mol. The van der Waals surface area contributed by atoms with E-state index in [1.807, 2.05) is 0 Å². The van der Waals surface area contributed by atoms with Crippen molar-refractivity contribution in [2.45, 2.75) is 44.2 Å². The van der Waals surface area contributed by atoms with E-state index < -0.39 is 0 Å². The summed E-state index contributed by atoms with van der Waals surface area (Å²) in [6.07, 6.45) is 2.14. The molecule has 0 aromatic heterocycles. The molecule has 3 nitrogen and oxygen atoms in total. The molecule has 2 unspecified atom stereocenters. The quantitative estimate of drug-likeness (QED) is 0.879. The van der Waals surface area contributed by atoms with Crippen LogP contribution in [-0.4, -0.2) is 23.6 Å². The fourth-order valence-corrected chi connectivity index (χ4v) is 4.14. The molecule has 1 fully saturated rings. The lowest BCUT2D eigenvalue weighted by Gasteiger charge is -2.37. The van der Waals surface area contributed by atoms with E-state index in [-0.39, 0.29) is 23.4 Å². The van der Waals surface area contributed by atoms with Crippen LogP contribution in [0.1, 0.15) is 43.9 Å². The number of carbonyl (C=O) groups excluding carboxylic acids is 1. The highest BCUT2D eigenvalue weighted by Gasteiger charge is 2.34. The van der Waals surface area contributed by atoms with Crippen LogP contribution in [0.4, 0.5) is 0 Å². The van der Waals surface area contributed by atoms with Gasteiger partial charge in [-0.2, -0.15) is 0 Å². The SMILES string of the molecule is CC1(C)CCC(NC(=O)C2CSCN2)c2ccccc21. The van der Waals surface area contributed by atoms with Crippen LogP contribution in [0.15, 0.2) is 24.3 Å². The van der Waals surface area contributed by atoms with E-state index in [1.54, 1.807) is 11.8 Å². The molecule has 2 atom stereocenters. The van der Waals surface area contributed by atoms with Gasteiger partial charge >= 0.3 is 0 Å². The van der Waals surface area contributed by atoms with E-state index in [2.05, 4.69) is 48.7 Å². The first-order chi connectivity index (χ1) is 9.58. The lowest BCUT2D eigenvalue weighted by atomic mass is 9.71. The summed E-state index contributed by atoms with van der Waals surface area (Å²) < 4.78 is 0. The molecular formula is C16H22N2OS. The van der Waals surface area contributed by atoms with Crippen LogP contribution >= 0.6 is 11.8 Å². The number of hydrogen-bond donors (Lipinski definition) is 2. The van der Waals surface area contributed by atoms with Gasteiger partial charge in [0.1, 0.15) is 0 Å². The van der Waals surface area contributed by atoms with Crippen LogP contribution in [0.3, 0.4) is 0 Å². The summed E-state index contributed by atoms with van der Waals surface area (Å²) in [5.74, 6) is 1.91. The van der Waals surface area contributed by atoms with E-state index >= 15 is 0 Å². The Morgan fingerprint density at radius 3 is 2.95 bits per heavy atom. The summed E-state index contributed by atoms with van der Waals surface area (Å²) in [6, 6.07) is 8.68. The second-order valence-electron chi connectivity index (χ2n) is 6.34. The summed E-state index contributed by atoms with van der Waals surface area (Å²) in [4.78, 5) is 12.3. The van der Waals surface area contributed by atoms with Gasteiger partial charge in [0.15, 0.2) is 0 Å². The minimum atomic E-state index is -0.0258. The molecule has 2 aliphatic rings. The van der Waals surface area contributed by atoms with Crippen molar-refractivity contribution in [1.82, 2.24) is 10.6 Å². The number of carbonyl (C=O) groups is 1. The number of fused-ring (bicyclic) bond motifs is 1. The van der Waals surface area contributed by atoms with Crippen molar-refractivity contribution < 1.29 is 4.79 Å². The summed E-state index contributed by atoms with van der Waals surface area (Å²) >= 11 is 1.79. The average molecular weight is 290 g/mol. The molecule has 4 heteroatoms. The molecule has 1 heterocycles. The minimum Gasteiger partial charge on any atom is -0.348 e. The average Bonchev–Trinajstić information content (AvgIpc) is 2.96. The molecule has 20 heavy (non-hydrogen) atoms. The summed E-state index contributed by atoms with van der Waals surface area (Å²) in [7, 11) is 0. The highest BCUT2D eigenvalue weighted by Crippen LogP contribution is 2.41. The maximum Gasteiger partial charge on any atom is 0.238 e. The minimum absolute atomic E-state index is 0.0258. The molecule has 0 bridgehead atoms. The standard InChI is InChI=1S/C16H22N2OS/c1-16(2)8-7-13(11-5-3-4-6-12(11)16)18-15(19)14-9-20-10-17-14/h3-6,13-14,17H,7-10H2,1-2H3,(H,18,19). The Labute approximate surface area is 124 Å². The Kier molecular flexibility index (Phi) is 3.78. The van der Waals surface area contributed by atoms with E-state index in [0.29, 0.717) is 0 Å². The van der Waals surface area contributed by atoms with E-state index in [9.17, 15) is 4.79 Å². The van der Waals surface area contributed by atoms with Gasteiger partial charge in [-0.15, -0.1) is 11.8 Å². The van der Waals surface area contributed by atoms with Crippen molar-refractivity contribution in [3.63, 3.8) is 0 Å². The van der Waals surface area contributed by atoms with Gasteiger partial charge in [0, 0.05) is 11.6 Å². The van der Waals surface area contributed by atoms with Crippen molar-refractivity contribution in [3.8, 4) is 0 Å². The fourth-order valence-electron chi connectivity index (χ4n) is 3.20. The molecule has 3 rings (SSSR count). The van der Waals surface area contributed by atoms with Crippen LogP contribution in [0.25, 0.3) is 0 Å². The Morgan fingerprint density at radius 2 is 2.20 bits per heavy atom. The van der Waals surface area contributed by atoms with Crippen LogP contribution in [-0.2, 0) is 10.2 Å². The molecule has 1 aromatic rings. The topological polar surface area (TPSA) is 41.1 Å². The number of benzene rings is 1. The predicted octanol–water partition coefficient (Wildman–Crippen LogP) is 2.58. The normalized spacial score (nSPS) is 27.9. The zero-order valence-electron chi connectivity index (χ0n) is 12.1. The fraction of sp³-hybridized carbons (Fsp3) is 0.562. The molecule has 1 aliphatic heterocycles. The maximum atomic E-state index is 12.3. The maximum absolute atomic E-state index is 12.3. The second kappa shape index (κ2) is 5.41. The van der Waals surface area contributed by atoms with Gasteiger partial charge in [-0.05, 0) is 29.4 Å². The van der Waals surface area contributed by atoms with E-state index in [4.69, 9.17) is 0 Å². The number of thioether (sulfide) groups is 1. The van der Waals surface area contributed by atoms with Crippen molar-refractivity contribution in [3.05, 3.63) is 35.4 Å². The first-order valence-corrected chi connectivity index (χ1v) is 8.44. The van der Waals surface area contributed by atoms with Gasteiger partial charge in [0.25, 0.3) is 0 Å². The van der Waals surface area contributed by atoms with Crippen LogP contribution in [0.5, 0.6) is 0 Å². The summed E-state index contributed by atoms with van der Waals surface area (Å²) in [5, 5.41) is 6.48. The Bertz CT molecular complexity index is 509. The Hall–Kier alpha value is -1.00. The number of amides is 1. The van der Waals surface area contributed by atoms with Crippen LogP contribution < -0.4 is 10.6 Å². The van der Waals surface area contributed by atoms with Crippen molar-refractivity contribution in [2.75, 3.05) is 11.6 Å². The number of hydrogen-bond acceptors (Lipinski definition) is 3. The smallest absolute Gasteiger partial charge is 0.238 e. The van der Waals surface area contributed by atoms with Gasteiger partial charge in [0.2, 0.25) is 5.91 Å². The lowest BCUT2D eigenvalue weighted by Crippen LogP contribution is -2.45. The Morgan fingerprint density at radius 1 is 1.40 bits per heavy atom. The van der Waals surface area contributed by atoms with Gasteiger partial charge in [-0.25, -0.2) is 0 Å². The highest BCUT2D eigenvalue weighted by molar-refractivity contribution is 7.99.